The first kappa shape index (κ1) is 20.5. The molecule has 0 saturated carbocycles. The molecule has 1 unspecified atom stereocenters. The predicted molar refractivity (Wildman–Crippen MR) is 121 cm³/mol. The first-order valence-corrected chi connectivity index (χ1v) is 10.5. The number of nitrogens with zero attached hydrogens (tertiary/aromatic N) is 1. The van der Waals surface area contributed by atoms with E-state index in [1.165, 1.54) is 16.3 Å². The van der Waals surface area contributed by atoms with Gasteiger partial charge in [-0.2, -0.15) is 0 Å². The van der Waals surface area contributed by atoms with Gasteiger partial charge >= 0.3 is 0 Å². The fourth-order valence-corrected chi connectivity index (χ4v) is 4.36. The molecule has 4 rings (SSSR count). The standard InChI is InChI=1S/C25H30N2O3/c1-28-22-17-24(30-3)23(29-2)16-21(22)25(27-13-6-11-26-12-14-27)20-10-9-18-7-4-5-8-19(18)15-20/h4-5,7-10,15-17,25-26H,6,11-14H2,1-3H3. The molecule has 1 N–H and O–H groups in total. The molecule has 0 radical (unpaired) electrons. The minimum absolute atomic E-state index is 0.0595. The molecule has 1 fully saturated rings. The van der Waals surface area contributed by atoms with Crippen LogP contribution in [0.1, 0.15) is 23.6 Å². The van der Waals surface area contributed by atoms with Gasteiger partial charge < -0.3 is 19.5 Å². The van der Waals surface area contributed by atoms with E-state index < -0.39 is 0 Å². The van der Waals surface area contributed by atoms with Crippen LogP contribution in [0.15, 0.2) is 54.6 Å². The van der Waals surface area contributed by atoms with Gasteiger partial charge in [-0.15, -0.1) is 0 Å². The molecule has 1 atom stereocenters. The van der Waals surface area contributed by atoms with E-state index in [2.05, 4.69) is 58.7 Å². The van der Waals surface area contributed by atoms with Crippen LogP contribution in [0.2, 0.25) is 0 Å². The van der Waals surface area contributed by atoms with Gasteiger partial charge in [0.1, 0.15) is 5.75 Å². The molecule has 1 heterocycles. The fraction of sp³-hybridized carbons (Fsp3) is 0.360. The summed E-state index contributed by atoms with van der Waals surface area (Å²) in [6.45, 7) is 4.00. The third-order valence-electron chi connectivity index (χ3n) is 5.86. The number of fused-ring (bicyclic) bond motifs is 1. The van der Waals surface area contributed by atoms with Crippen molar-refractivity contribution in [3.05, 3.63) is 65.7 Å². The zero-order chi connectivity index (χ0) is 20.9. The molecule has 5 heteroatoms. The first-order valence-electron chi connectivity index (χ1n) is 10.5. The van der Waals surface area contributed by atoms with Crippen LogP contribution in [0.5, 0.6) is 17.2 Å². The lowest BCUT2D eigenvalue weighted by Crippen LogP contribution is -2.33. The number of ether oxygens (including phenoxy) is 3. The number of nitrogens with one attached hydrogen (secondary N) is 1. The summed E-state index contributed by atoms with van der Waals surface area (Å²) in [5, 5.41) is 6.01. The van der Waals surface area contributed by atoms with Crippen LogP contribution >= 0.6 is 0 Å². The lowest BCUT2D eigenvalue weighted by atomic mass is 9.93. The second-order valence-electron chi connectivity index (χ2n) is 7.60. The van der Waals surface area contributed by atoms with E-state index >= 15 is 0 Å². The van der Waals surface area contributed by atoms with Crippen LogP contribution in [0, 0.1) is 0 Å². The normalized spacial score (nSPS) is 16.1. The molecule has 0 aliphatic carbocycles. The molecule has 3 aromatic carbocycles. The SMILES string of the molecule is COc1cc(OC)c(C(c2ccc3ccccc3c2)N2CCCNCC2)cc1OC. The molecule has 0 amide bonds. The molecule has 5 nitrogen and oxygen atoms in total. The fourth-order valence-electron chi connectivity index (χ4n) is 4.36. The Kier molecular flexibility index (Phi) is 6.41. The molecule has 30 heavy (non-hydrogen) atoms. The largest absolute Gasteiger partial charge is 0.496 e. The third kappa shape index (κ3) is 4.09. The maximum absolute atomic E-state index is 5.82. The first-order chi connectivity index (χ1) is 14.7. The van der Waals surface area contributed by atoms with Crippen LogP contribution in [-0.2, 0) is 0 Å². The van der Waals surface area contributed by atoms with E-state index in [1.54, 1.807) is 21.3 Å². The smallest absolute Gasteiger partial charge is 0.164 e. The monoisotopic (exact) mass is 406 g/mol. The Labute approximate surface area is 178 Å². The van der Waals surface area contributed by atoms with E-state index in [4.69, 9.17) is 14.2 Å². The highest BCUT2D eigenvalue weighted by Gasteiger charge is 2.28. The van der Waals surface area contributed by atoms with Gasteiger partial charge in [0.05, 0.1) is 27.4 Å². The minimum atomic E-state index is 0.0595. The van der Waals surface area contributed by atoms with Crippen molar-refractivity contribution in [2.45, 2.75) is 12.5 Å². The zero-order valence-electron chi connectivity index (χ0n) is 18.0. The molecule has 3 aromatic rings. The van der Waals surface area contributed by atoms with E-state index in [9.17, 15) is 0 Å². The van der Waals surface area contributed by atoms with Gasteiger partial charge in [0.25, 0.3) is 0 Å². The summed E-state index contributed by atoms with van der Waals surface area (Å²) in [7, 11) is 5.04. The highest BCUT2D eigenvalue weighted by Crippen LogP contribution is 2.42. The lowest BCUT2D eigenvalue weighted by Gasteiger charge is -2.33. The van der Waals surface area contributed by atoms with Crippen LogP contribution in [0.4, 0.5) is 0 Å². The Morgan fingerprint density at radius 3 is 2.27 bits per heavy atom. The number of rotatable bonds is 6. The number of benzene rings is 3. The minimum Gasteiger partial charge on any atom is -0.496 e. The molecule has 0 bridgehead atoms. The van der Waals surface area contributed by atoms with Crippen molar-refractivity contribution in [1.29, 1.82) is 0 Å². The van der Waals surface area contributed by atoms with Crippen molar-refractivity contribution in [2.24, 2.45) is 0 Å². The van der Waals surface area contributed by atoms with Gasteiger partial charge in [0.15, 0.2) is 11.5 Å². The summed E-state index contributed by atoms with van der Waals surface area (Å²) < 4.78 is 17.0. The Hall–Kier alpha value is -2.76. The van der Waals surface area contributed by atoms with Crippen LogP contribution in [0.3, 0.4) is 0 Å². The summed E-state index contributed by atoms with van der Waals surface area (Å²) in [5.41, 5.74) is 2.34. The van der Waals surface area contributed by atoms with Crippen molar-refractivity contribution in [3.8, 4) is 17.2 Å². The molecule has 1 aliphatic heterocycles. The maximum atomic E-state index is 5.82. The molecule has 0 spiro atoms. The summed E-state index contributed by atoms with van der Waals surface area (Å²) in [6, 6.07) is 19.3. The van der Waals surface area contributed by atoms with Crippen LogP contribution in [-0.4, -0.2) is 52.4 Å². The lowest BCUT2D eigenvalue weighted by molar-refractivity contribution is 0.235. The number of hydrogen-bond acceptors (Lipinski definition) is 5. The van der Waals surface area contributed by atoms with Gasteiger partial charge in [-0.3, -0.25) is 4.90 Å². The van der Waals surface area contributed by atoms with Gasteiger partial charge in [-0.1, -0.05) is 36.4 Å². The topological polar surface area (TPSA) is 43.0 Å². The second-order valence-corrected chi connectivity index (χ2v) is 7.60. The average molecular weight is 407 g/mol. The third-order valence-corrected chi connectivity index (χ3v) is 5.86. The molecule has 158 valence electrons. The maximum Gasteiger partial charge on any atom is 0.164 e. The Balaban J connectivity index is 1.88. The van der Waals surface area contributed by atoms with Crippen molar-refractivity contribution in [1.82, 2.24) is 10.2 Å². The van der Waals surface area contributed by atoms with E-state index in [-0.39, 0.29) is 6.04 Å². The van der Waals surface area contributed by atoms with Crippen molar-refractivity contribution in [2.75, 3.05) is 47.5 Å². The summed E-state index contributed by atoms with van der Waals surface area (Å²) >= 11 is 0. The van der Waals surface area contributed by atoms with E-state index in [0.29, 0.717) is 11.5 Å². The number of hydrogen-bond donors (Lipinski definition) is 1. The van der Waals surface area contributed by atoms with Gasteiger partial charge in [0.2, 0.25) is 0 Å². The van der Waals surface area contributed by atoms with E-state index in [0.717, 1.165) is 43.9 Å². The van der Waals surface area contributed by atoms with Gasteiger partial charge in [-0.05, 0) is 41.4 Å². The Morgan fingerprint density at radius 1 is 0.767 bits per heavy atom. The average Bonchev–Trinajstić information content (AvgIpc) is 3.08. The molecular formula is C25H30N2O3. The zero-order valence-corrected chi connectivity index (χ0v) is 18.0. The van der Waals surface area contributed by atoms with E-state index in [1.807, 2.05) is 6.07 Å². The summed E-state index contributed by atoms with van der Waals surface area (Å²) in [6.07, 6.45) is 1.11. The quantitative estimate of drug-likeness (QED) is 0.663. The molecule has 1 aliphatic rings. The number of methoxy groups -OCH3 is 3. The summed E-state index contributed by atoms with van der Waals surface area (Å²) in [5.74, 6) is 2.20. The summed E-state index contributed by atoms with van der Waals surface area (Å²) in [4.78, 5) is 2.54. The predicted octanol–water partition coefficient (Wildman–Crippen LogP) is 4.25. The molecular weight excluding hydrogens is 376 g/mol. The van der Waals surface area contributed by atoms with Crippen LogP contribution < -0.4 is 19.5 Å². The molecule has 1 saturated heterocycles. The van der Waals surface area contributed by atoms with Crippen molar-refractivity contribution < 1.29 is 14.2 Å². The highest BCUT2D eigenvalue weighted by atomic mass is 16.5. The molecule has 0 aromatic heterocycles. The van der Waals surface area contributed by atoms with Crippen molar-refractivity contribution in [3.63, 3.8) is 0 Å². The second kappa shape index (κ2) is 9.37. The van der Waals surface area contributed by atoms with Gasteiger partial charge in [-0.25, -0.2) is 0 Å². The van der Waals surface area contributed by atoms with Gasteiger partial charge in [0, 0.05) is 31.3 Å². The Bertz CT molecular complexity index is 997. The van der Waals surface area contributed by atoms with Crippen LogP contribution in [0.25, 0.3) is 10.8 Å². The highest BCUT2D eigenvalue weighted by molar-refractivity contribution is 5.83. The van der Waals surface area contributed by atoms with Crippen molar-refractivity contribution >= 4 is 10.8 Å². The Morgan fingerprint density at radius 2 is 1.50 bits per heavy atom.